The maximum atomic E-state index is 13.8. The first-order chi connectivity index (χ1) is 18.4. The third kappa shape index (κ3) is 4.84. The number of aromatic nitrogens is 2. The van der Waals surface area contributed by atoms with E-state index in [4.69, 9.17) is 42.6 Å². The highest BCUT2D eigenvalue weighted by molar-refractivity contribution is 6.35. The first-order valence-electron chi connectivity index (χ1n) is 12.5. The second kappa shape index (κ2) is 11.1. The molecule has 0 aliphatic carbocycles. The van der Waals surface area contributed by atoms with Crippen LogP contribution in [0.25, 0.3) is 22.2 Å². The number of amides is 1. The maximum Gasteiger partial charge on any atom is 0.255 e. The van der Waals surface area contributed by atoms with Crippen molar-refractivity contribution in [2.75, 3.05) is 31.7 Å². The van der Waals surface area contributed by atoms with Crippen LogP contribution >= 0.6 is 23.2 Å². The van der Waals surface area contributed by atoms with E-state index in [1.165, 1.54) is 0 Å². The lowest BCUT2D eigenvalue weighted by Gasteiger charge is -2.28. The second-order valence-electron chi connectivity index (χ2n) is 8.95. The van der Waals surface area contributed by atoms with Crippen LogP contribution in [0.5, 0.6) is 11.5 Å². The van der Waals surface area contributed by atoms with Gasteiger partial charge in [-0.2, -0.15) is 0 Å². The van der Waals surface area contributed by atoms with Crippen molar-refractivity contribution >= 4 is 45.8 Å². The number of methoxy groups -OCH3 is 1. The van der Waals surface area contributed by atoms with Gasteiger partial charge >= 0.3 is 0 Å². The molecule has 38 heavy (non-hydrogen) atoms. The zero-order chi connectivity index (χ0) is 26.8. The molecule has 2 aromatic carbocycles. The average molecular weight is 551 g/mol. The first-order valence-corrected chi connectivity index (χ1v) is 13.3. The summed E-state index contributed by atoms with van der Waals surface area (Å²) in [6.45, 7) is 6.00. The maximum absolute atomic E-state index is 13.8. The Morgan fingerprint density at radius 1 is 1.08 bits per heavy atom. The number of benzene rings is 2. The van der Waals surface area contributed by atoms with Gasteiger partial charge in [-0.25, -0.2) is 4.98 Å². The zero-order valence-corrected chi connectivity index (χ0v) is 22.9. The molecule has 0 saturated carbocycles. The lowest BCUT2D eigenvalue weighted by molar-refractivity contribution is 0.0925. The number of halogens is 2. The Morgan fingerprint density at radius 3 is 2.50 bits per heavy atom. The summed E-state index contributed by atoms with van der Waals surface area (Å²) in [5.74, 6) is 1.11. The van der Waals surface area contributed by atoms with Gasteiger partial charge in [0.2, 0.25) is 0 Å². The number of hydrogen-bond acceptors (Lipinski definition) is 6. The molecule has 196 valence electrons. The third-order valence-electron chi connectivity index (χ3n) is 6.78. The molecule has 4 aromatic rings. The average Bonchev–Trinajstić information content (AvgIpc) is 2.92. The minimum atomic E-state index is -0.215. The SMILES string of the molecule is CCN(CC)c1c(C(=O)N[C@H]2CCOc3ccccc32)cnc2c(-c3cc(Cl)cc(Cl)c3)c(OC)cnc12. The van der Waals surface area contributed by atoms with Crippen LogP contribution in [0.2, 0.25) is 10.0 Å². The number of anilines is 1. The molecule has 7 nitrogen and oxygen atoms in total. The summed E-state index contributed by atoms with van der Waals surface area (Å²) in [6, 6.07) is 12.9. The highest BCUT2D eigenvalue weighted by Gasteiger charge is 2.27. The predicted molar refractivity (Wildman–Crippen MR) is 152 cm³/mol. The number of para-hydroxylation sites is 1. The number of carbonyl (C=O) groups excluding carboxylic acids is 1. The van der Waals surface area contributed by atoms with Gasteiger partial charge < -0.3 is 19.7 Å². The minimum Gasteiger partial charge on any atom is -0.494 e. The van der Waals surface area contributed by atoms with Gasteiger partial charge in [0.1, 0.15) is 22.5 Å². The van der Waals surface area contributed by atoms with Crippen LogP contribution in [-0.4, -0.2) is 42.7 Å². The van der Waals surface area contributed by atoms with Crippen molar-refractivity contribution in [3.63, 3.8) is 0 Å². The lowest BCUT2D eigenvalue weighted by atomic mass is 9.99. The van der Waals surface area contributed by atoms with Gasteiger partial charge in [-0.15, -0.1) is 0 Å². The molecular weight excluding hydrogens is 523 g/mol. The van der Waals surface area contributed by atoms with E-state index in [1.807, 2.05) is 50.2 Å². The van der Waals surface area contributed by atoms with Crippen molar-refractivity contribution in [3.05, 3.63) is 76.0 Å². The zero-order valence-electron chi connectivity index (χ0n) is 21.4. The van der Waals surface area contributed by atoms with Gasteiger partial charge in [0.05, 0.1) is 42.8 Å². The van der Waals surface area contributed by atoms with Gasteiger partial charge in [-0.05, 0) is 43.7 Å². The molecule has 5 rings (SSSR count). The molecule has 0 radical (unpaired) electrons. The molecule has 0 saturated heterocycles. The number of fused-ring (bicyclic) bond motifs is 2. The Morgan fingerprint density at radius 2 is 1.79 bits per heavy atom. The van der Waals surface area contributed by atoms with E-state index < -0.39 is 0 Å². The molecule has 9 heteroatoms. The normalized spacial score (nSPS) is 14.5. The highest BCUT2D eigenvalue weighted by atomic mass is 35.5. The van der Waals surface area contributed by atoms with Crippen molar-refractivity contribution in [1.29, 1.82) is 0 Å². The van der Waals surface area contributed by atoms with Crippen molar-refractivity contribution in [2.45, 2.75) is 26.3 Å². The molecule has 0 unspecified atom stereocenters. The van der Waals surface area contributed by atoms with Gasteiger partial charge in [-0.1, -0.05) is 41.4 Å². The van der Waals surface area contributed by atoms with Crippen molar-refractivity contribution in [3.8, 4) is 22.6 Å². The van der Waals surface area contributed by atoms with Crippen LogP contribution < -0.4 is 19.7 Å². The summed E-state index contributed by atoms with van der Waals surface area (Å²) in [5.41, 5.74) is 4.79. The number of pyridine rings is 2. The smallest absolute Gasteiger partial charge is 0.255 e. The van der Waals surface area contributed by atoms with E-state index in [9.17, 15) is 4.79 Å². The Balaban J connectivity index is 1.66. The largest absolute Gasteiger partial charge is 0.494 e. The molecule has 1 aliphatic rings. The van der Waals surface area contributed by atoms with Crippen LogP contribution in [-0.2, 0) is 0 Å². The fraction of sp³-hybridized carbons (Fsp3) is 0.276. The Bertz CT molecular complexity index is 1490. The minimum absolute atomic E-state index is 0.166. The lowest BCUT2D eigenvalue weighted by Crippen LogP contribution is -2.34. The van der Waals surface area contributed by atoms with Crippen LogP contribution in [0.1, 0.15) is 42.2 Å². The highest BCUT2D eigenvalue weighted by Crippen LogP contribution is 2.41. The number of carbonyl (C=O) groups is 1. The van der Waals surface area contributed by atoms with Gasteiger partial charge in [0.15, 0.2) is 0 Å². The number of nitrogens with one attached hydrogen (secondary N) is 1. The van der Waals surface area contributed by atoms with E-state index in [0.29, 0.717) is 64.1 Å². The first kappa shape index (κ1) is 26.1. The molecular formula is C29H28Cl2N4O3. The molecule has 1 amide bonds. The molecule has 1 N–H and O–H groups in total. The number of nitrogens with zero attached hydrogens (tertiary/aromatic N) is 3. The quantitative estimate of drug-likeness (QED) is 0.275. The third-order valence-corrected chi connectivity index (χ3v) is 7.22. The van der Waals surface area contributed by atoms with Crippen molar-refractivity contribution in [1.82, 2.24) is 15.3 Å². The van der Waals surface area contributed by atoms with Crippen LogP contribution in [0.3, 0.4) is 0 Å². The summed E-state index contributed by atoms with van der Waals surface area (Å²) in [5, 5.41) is 4.20. The molecule has 2 aromatic heterocycles. The van der Waals surface area contributed by atoms with E-state index in [2.05, 4.69) is 10.2 Å². The number of hydrogen-bond donors (Lipinski definition) is 1. The molecule has 3 heterocycles. The fourth-order valence-electron chi connectivity index (χ4n) is 4.99. The van der Waals surface area contributed by atoms with Crippen molar-refractivity contribution < 1.29 is 14.3 Å². The summed E-state index contributed by atoms with van der Waals surface area (Å²) >= 11 is 12.7. The van der Waals surface area contributed by atoms with E-state index in [1.54, 1.807) is 25.6 Å². The molecule has 0 fully saturated rings. The Kier molecular flexibility index (Phi) is 7.58. The Hall–Kier alpha value is -3.55. The van der Waals surface area contributed by atoms with Crippen LogP contribution in [0.4, 0.5) is 5.69 Å². The van der Waals surface area contributed by atoms with E-state index in [0.717, 1.165) is 22.6 Å². The van der Waals surface area contributed by atoms with E-state index in [-0.39, 0.29) is 11.9 Å². The topological polar surface area (TPSA) is 76.6 Å². The number of ether oxygens (including phenoxy) is 2. The molecule has 1 aliphatic heterocycles. The van der Waals surface area contributed by atoms with Gasteiger partial charge in [0, 0.05) is 41.3 Å². The summed E-state index contributed by atoms with van der Waals surface area (Å²) in [4.78, 5) is 25.4. The standard InChI is InChI=1S/C29H28Cl2N4O3/c1-4-35(5-2)28-21(29(36)34-22-10-11-38-23-9-7-6-8-20(22)23)15-32-26-25(24(37-3)16-33-27(26)28)17-12-18(30)14-19(31)13-17/h6-9,12-16,22H,4-5,10-11H2,1-3H3,(H,34,36)/t22-/m0/s1. The van der Waals surface area contributed by atoms with Gasteiger partial charge in [0.25, 0.3) is 5.91 Å². The van der Waals surface area contributed by atoms with Gasteiger partial charge in [-0.3, -0.25) is 9.78 Å². The molecule has 0 bridgehead atoms. The summed E-state index contributed by atoms with van der Waals surface area (Å²) in [7, 11) is 1.58. The molecule has 1 atom stereocenters. The number of rotatable bonds is 7. The monoisotopic (exact) mass is 550 g/mol. The second-order valence-corrected chi connectivity index (χ2v) is 9.82. The van der Waals surface area contributed by atoms with Crippen LogP contribution in [0.15, 0.2) is 54.9 Å². The van der Waals surface area contributed by atoms with E-state index >= 15 is 0 Å². The predicted octanol–water partition coefficient (Wildman–Crippen LogP) is 6.71. The summed E-state index contributed by atoms with van der Waals surface area (Å²) < 4.78 is 11.4. The Labute approximate surface area is 231 Å². The van der Waals surface area contributed by atoms with Crippen LogP contribution in [0, 0.1) is 0 Å². The summed E-state index contributed by atoms with van der Waals surface area (Å²) in [6.07, 6.45) is 3.95. The fourth-order valence-corrected chi connectivity index (χ4v) is 5.51. The van der Waals surface area contributed by atoms with Crippen molar-refractivity contribution in [2.24, 2.45) is 0 Å². The molecule has 0 spiro atoms.